The molecular weight excluding hydrogens is 286 g/mol. The van der Waals surface area contributed by atoms with Crippen LogP contribution in [-0.4, -0.2) is 20.8 Å². The maximum atomic E-state index is 11.7. The summed E-state index contributed by atoms with van der Waals surface area (Å²) in [5.41, 5.74) is 5.51. The lowest BCUT2D eigenvalue weighted by Gasteiger charge is -1.99. The van der Waals surface area contributed by atoms with Gasteiger partial charge in [-0.05, 0) is 24.3 Å². The van der Waals surface area contributed by atoms with E-state index in [0.29, 0.717) is 22.8 Å². The molecule has 0 spiro atoms. The highest BCUT2D eigenvalue weighted by Crippen LogP contribution is 2.25. The number of amidine groups is 1. The summed E-state index contributed by atoms with van der Waals surface area (Å²) in [6.07, 6.45) is 2.75. The first kappa shape index (κ1) is 13.6. The SMILES string of the molecule is N=C(N)c1ccc(-c2ccc(-c3c[nH]c(=O)[nH]c3=O)o2)nc1. The third-order valence-corrected chi connectivity index (χ3v) is 3.02. The molecule has 0 radical (unpaired) electrons. The van der Waals surface area contributed by atoms with E-state index >= 15 is 0 Å². The number of aromatic amines is 2. The topological polar surface area (TPSA) is 142 Å². The van der Waals surface area contributed by atoms with Crippen LogP contribution in [0, 0.1) is 5.41 Å². The summed E-state index contributed by atoms with van der Waals surface area (Å²) in [7, 11) is 0. The van der Waals surface area contributed by atoms with Gasteiger partial charge in [-0.1, -0.05) is 0 Å². The second kappa shape index (κ2) is 5.17. The van der Waals surface area contributed by atoms with Gasteiger partial charge in [0.05, 0.1) is 5.56 Å². The summed E-state index contributed by atoms with van der Waals surface area (Å²) in [4.78, 5) is 31.4. The highest BCUT2D eigenvalue weighted by atomic mass is 16.3. The number of nitrogens with zero attached hydrogens (tertiary/aromatic N) is 1. The molecule has 3 aromatic rings. The second-order valence-corrected chi connectivity index (χ2v) is 4.50. The Morgan fingerprint density at radius 3 is 2.59 bits per heavy atom. The van der Waals surface area contributed by atoms with E-state index < -0.39 is 11.2 Å². The number of pyridine rings is 1. The number of furan rings is 1. The van der Waals surface area contributed by atoms with E-state index in [2.05, 4.69) is 15.0 Å². The van der Waals surface area contributed by atoms with Crippen LogP contribution in [0.2, 0.25) is 0 Å². The van der Waals surface area contributed by atoms with Crippen molar-refractivity contribution >= 4 is 5.84 Å². The molecule has 3 rings (SSSR count). The fourth-order valence-corrected chi connectivity index (χ4v) is 1.91. The van der Waals surface area contributed by atoms with Crippen LogP contribution in [0.25, 0.3) is 22.8 Å². The number of nitrogen functional groups attached to an aromatic ring is 1. The maximum Gasteiger partial charge on any atom is 0.325 e. The first-order chi connectivity index (χ1) is 10.5. The zero-order valence-electron chi connectivity index (χ0n) is 11.2. The summed E-state index contributed by atoms with van der Waals surface area (Å²) in [5, 5.41) is 7.31. The normalized spacial score (nSPS) is 10.5. The van der Waals surface area contributed by atoms with Crippen molar-refractivity contribution in [1.82, 2.24) is 15.0 Å². The predicted molar refractivity (Wildman–Crippen MR) is 79.6 cm³/mol. The number of hydrogen-bond acceptors (Lipinski definition) is 5. The standard InChI is InChI=1S/C14H11N5O3/c15-12(16)7-1-2-9(17-5-7)11-4-3-10(22-11)8-6-18-14(21)19-13(8)20/h1-6H,(H3,15,16)(H2,18,19,20,21). The molecule has 0 unspecified atom stereocenters. The molecule has 22 heavy (non-hydrogen) atoms. The molecule has 110 valence electrons. The first-order valence-electron chi connectivity index (χ1n) is 6.27. The molecule has 0 saturated heterocycles. The van der Waals surface area contributed by atoms with Gasteiger partial charge >= 0.3 is 5.69 Å². The van der Waals surface area contributed by atoms with Crippen molar-refractivity contribution in [2.45, 2.75) is 0 Å². The lowest BCUT2D eigenvalue weighted by atomic mass is 10.2. The molecule has 0 fully saturated rings. The van der Waals surface area contributed by atoms with E-state index in [-0.39, 0.29) is 11.4 Å². The average Bonchev–Trinajstić information content (AvgIpc) is 2.97. The smallest absolute Gasteiger partial charge is 0.325 e. The van der Waals surface area contributed by atoms with Gasteiger partial charge in [0.1, 0.15) is 17.3 Å². The van der Waals surface area contributed by atoms with Crippen molar-refractivity contribution in [3.8, 4) is 22.8 Å². The van der Waals surface area contributed by atoms with Crippen LogP contribution >= 0.6 is 0 Å². The highest BCUT2D eigenvalue weighted by molar-refractivity contribution is 5.94. The van der Waals surface area contributed by atoms with Crippen molar-refractivity contribution < 1.29 is 4.42 Å². The third kappa shape index (κ3) is 2.44. The number of nitrogens with two attached hydrogens (primary N) is 1. The number of rotatable bonds is 3. The average molecular weight is 297 g/mol. The van der Waals surface area contributed by atoms with Gasteiger partial charge in [-0.2, -0.15) is 0 Å². The molecule has 3 heterocycles. The fraction of sp³-hybridized carbons (Fsp3) is 0. The molecule has 3 aromatic heterocycles. The third-order valence-electron chi connectivity index (χ3n) is 3.02. The Hall–Kier alpha value is -3.42. The molecule has 0 saturated carbocycles. The molecule has 0 atom stereocenters. The van der Waals surface area contributed by atoms with Gasteiger partial charge in [0.2, 0.25) is 0 Å². The minimum atomic E-state index is -0.581. The van der Waals surface area contributed by atoms with E-state index in [0.717, 1.165) is 0 Å². The van der Waals surface area contributed by atoms with Crippen LogP contribution in [0.1, 0.15) is 5.56 Å². The zero-order chi connectivity index (χ0) is 15.7. The monoisotopic (exact) mass is 297 g/mol. The molecule has 0 bridgehead atoms. The van der Waals surface area contributed by atoms with Crippen molar-refractivity contribution in [3.63, 3.8) is 0 Å². The van der Waals surface area contributed by atoms with Gasteiger partial charge in [0.25, 0.3) is 5.56 Å². The van der Waals surface area contributed by atoms with Gasteiger partial charge in [-0.25, -0.2) is 4.79 Å². The summed E-state index contributed by atoms with van der Waals surface area (Å²) in [6.45, 7) is 0. The second-order valence-electron chi connectivity index (χ2n) is 4.50. The minimum Gasteiger partial charge on any atom is -0.454 e. The molecule has 8 nitrogen and oxygen atoms in total. The number of H-pyrrole nitrogens is 2. The van der Waals surface area contributed by atoms with E-state index in [9.17, 15) is 9.59 Å². The Morgan fingerprint density at radius 2 is 1.95 bits per heavy atom. The van der Waals surface area contributed by atoms with Crippen LogP contribution in [0.15, 0.2) is 50.7 Å². The molecular formula is C14H11N5O3. The van der Waals surface area contributed by atoms with E-state index in [1.54, 1.807) is 24.3 Å². The lowest BCUT2D eigenvalue weighted by Crippen LogP contribution is -2.22. The minimum absolute atomic E-state index is 0.0704. The quantitative estimate of drug-likeness (QED) is 0.415. The summed E-state index contributed by atoms with van der Waals surface area (Å²) in [5.74, 6) is 0.694. The van der Waals surface area contributed by atoms with E-state index in [1.807, 2.05) is 0 Å². The van der Waals surface area contributed by atoms with E-state index in [1.165, 1.54) is 12.4 Å². The Labute approximate surface area is 123 Å². The van der Waals surface area contributed by atoms with Gasteiger partial charge in [-0.15, -0.1) is 0 Å². The fourth-order valence-electron chi connectivity index (χ4n) is 1.91. The van der Waals surface area contributed by atoms with Gasteiger partial charge in [0.15, 0.2) is 5.76 Å². The van der Waals surface area contributed by atoms with Crippen LogP contribution in [0.3, 0.4) is 0 Å². The lowest BCUT2D eigenvalue weighted by molar-refractivity contribution is 0.593. The van der Waals surface area contributed by atoms with Crippen molar-refractivity contribution in [1.29, 1.82) is 5.41 Å². The van der Waals surface area contributed by atoms with Gasteiger partial charge in [0, 0.05) is 18.0 Å². The van der Waals surface area contributed by atoms with Gasteiger partial charge < -0.3 is 15.1 Å². The summed E-state index contributed by atoms with van der Waals surface area (Å²) < 4.78 is 5.59. The Morgan fingerprint density at radius 1 is 1.18 bits per heavy atom. The molecule has 0 aliphatic carbocycles. The molecule has 5 N–H and O–H groups in total. The Kier molecular flexibility index (Phi) is 3.18. The zero-order valence-corrected chi connectivity index (χ0v) is 11.2. The van der Waals surface area contributed by atoms with Crippen LogP contribution in [-0.2, 0) is 0 Å². The summed E-state index contributed by atoms with van der Waals surface area (Å²) in [6, 6.07) is 6.59. The van der Waals surface area contributed by atoms with Crippen molar-refractivity contribution in [3.05, 3.63) is 63.1 Å². The summed E-state index contributed by atoms with van der Waals surface area (Å²) >= 11 is 0. The molecule has 0 aromatic carbocycles. The number of hydrogen-bond donors (Lipinski definition) is 4. The first-order valence-corrected chi connectivity index (χ1v) is 6.27. The van der Waals surface area contributed by atoms with Crippen LogP contribution in [0.4, 0.5) is 0 Å². The van der Waals surface area contributed by atoms with Crippen molar-refractivity contribution in [2.75, 3.05) is 0 Å². The Bertz CT molecular complexity index is 949. The predicted octanol–water partition coefficient (Wildman–Crippen LogP) is 0.669. The Balaban J connectivity index is 1.98. The largest absolute Gasteiger partial charge is 0.454 e. The van der Waals surface area contributed by atoms with Crippen LogP contribution in [0.5, 0.6) is 0 Å². The molecule has 0 aliphatic rings. The molecule has 0 amide bonds. The van der Waals surface area contributed by atoms with Crippen molar-refractivity contribution in [2.24, 2.45) is 5.73 Å². The van der Waals surface area contributed by atoms with Gasteiger partial charge in [-0.3, -0.25) is 20.2 Å². The van der Waals surface area contributed by atoms with Crippen LogP contribution < -0.4 is 17.0 Å². The highest BCUT2D eigenvalue weighted by Gasteiger charge is 2.11. The number of nitrogens with one attached hydrogen (secondary N) is 3. The number of aromatic nitrogens is 3. The van der Waals surface area contributed by atoms with E-state index in [4.69, 9.17) is 15.6 Å². The molecule has 8 heteroatoms. The molecule has 0 aliphatic heterocycles. The maximum absolute atomic E-state index is 11.7.